The van der Waals surface area contributed by atoms with Crippen LogP contribution in [0.1, 0.15) is 52.5 Å². The van der Waals surface area contributed by atoms with Gasteiger partial charge in [0.15, 0.2) is 0 Å². The summed E-state index contributed by atoms with van der Waals surface area (Å²) in [5, 5.41) is 17.6. The molecule has 3 aromatic rings. The summed E-state index contributed by atoms with van der Waals surface area (Å²) < 4.78 is 73.0. The number of amides is 4. The highest BCUT2D eigenvalue weighted by Crippen LogP contribution is 2.34. The molecule has 1 fully saturated rings. The van der Waals surface area contributed by atoms with Crippen molar-refractivity contribution in [1.29, 1.82) is 5.26 Å². The third-order valence-electron chi connectivity index (χ3n) is 8.26. The van der Waals surface area contributed by atoms with Crippen LogP contribution in [-0.4, -0.2) is 72.2 Å². The van der Waals surface area contributed by atoms with Crippen molar-refractivity contribution in [2.24, 2.45) is 5.92 Å². The smallest absolute Gasteiger partial charge is 0.405 e. The maximum absolute atomic E-state index is 15.0. The van der Waals surface area contributed by atoms with Gasteiger partial charge in [0.25, 0.3) is 11.8 Å². The molecule has 0 radical (unpaired) electrons. The van der Waals surface area contributed by atoms with E-state index in [9.17, 15) is 42.4 Å². The molecule has 1 aliphatic rings. The van der Waals surface area contributed by atoms with Gasteiger partial charge in [-0.15, -0.1) is 0 Å². The highest BCUT2D eigenvalue weighted by atomic mass is 19.4. The van der Waals surface area contributed by atoms with E-state index in [0.717, 1.165) is 5.32 Å². The number of benzene rings is 2. The van der Waals surface area contributed by atoms with Crippen LogP contribution in [0.2, 0.25) is 0 Å². The molecule has 0 saturated heterocycles. The first-order valence-electron chi connectivity index (χ1n) is 15.9. The van der Waals surface area contributed by atoms with E-state index < -0.39 is 72.1 Å². The fourth-order valence-electron chi connectivity index (χ4n) is 5.29. The largest absolute Gasteiger partial charge is 0.497 e. The van der Waals surface area contributed by atoms with Gasteiger partial charge in [-0.05, 0) is 66.3 Å². The molecular formula is C35H33F5N6O6. The van der Waals surface area contributed by atoms with Crippen LogP contribution in [0.15, 0.2) is 72.9 Å². The van der Waals surface area contributed by atoms with Gasteiger partial charge in [-0.3, -0.25) is 29.0 Å². The van der Waals surface area contributed by atoms with Crippen molar-refractivity contribution in [1.82, 2.24) is 26.3 Å². The first-order valence-corrected chi connectivity index (χ1v) is 15.9. The number of nitrogens with zero attached hydrogens (tertiary/aromatic N) is 2. The molecular weight excluding hydrogens is 695 g/mol. The molecule has 3 atom stereocenters. The Bertz CT molecular complexity index is 1810. The minimum atomic E-state index is -5.03. The van der Waals surface area contributed by atoms with Gasteiger partial charge >= 0.3 is 12.1 Å². The van der Waals surface area contributed by atoms with Gasteiger partial charge in [-0.1, -0.05) is 36.8 Å². The van der Waals surface area contributed by atoms with Crippen molar-refractivity contribution in [2.45, 2.75) is 55.9 Å². The second kappa shape index (κ2) is 16.9. The summed E-state index contributed by atoms with van der Waals surface area (Å²) in [6.45, 7) is -2.11. The van der Waals surface area contributed by atoms with Crippen LogP contribution >= 0.6 is 0 Å². The van der Waals surface area contributed by atoms with Crippen molar-refractivity contribution < 1.29 is 50.7 Å². The number of methoxy groups -OCH3 is 1. The number of Topliss-reactive ketones (excluding diaryl/α,β-unsaturated/α-hetero) is 1. The van der Waals surface area contributed by atoms with Crippen LogP contribution < -0.4 is 26.0 Å². The normalized spacial score (nSPS) is 14.7. The lowest BCUT2D eigenvalue weighted by Crippen LogP contribution is -2.60. The lowest BCUT2D eigenvalue weighted by molar-refractivity contribution is -0.166. The van der Waals surface area contributed by atoms with Crippen molar-refractivity contribution in [3.05, 3.63) is 95.3 Å². The number of carbonyl (C=O) groups excluding carboxylic acids is 5. The highest BCUT2D eigenvalue weighted by molar-refractivity contribution is 6.11. The number of hydrogen-bond donors (Lipinski definition) is 4. The molecule has 2 aromatic carbocycles. The highest BCUT2D eigenvalue weighted by Gasteiger charge is 2.53. The van der Waals surface area contributed by atoms with E-state index in [2.05, 4.69) is 20.9 Å². The maximum Gasteiger partial charge on any atom is 0.405 e. The molecule has 1 aromatic heterocycles. The number of alkyl halides is 5. The molecule has 1 heterocycles. The van der Waals surface area contributed by atoms with Gasteiger partial charge in [-0.25, -0.2) is 0 Å². The SMILES string of the molecule is COc1ccc(C(NC(=O)C(Cc2cccc(C#N)c2)NC(=O)c2ccccn2)C(=O)N[C@H](C(=O)C(F)(F)C(=O)NCC(F)(F)F)C2CCC2)cc1. The number of nitrogens with one attached hydrogen (secondary N) is 4. The summed E-state index contributed by atoms with van der Waals surface area (Å²) in [5.74, 6) is -13.0. The minimum Gasteiger partial charge on any atom is -0.497 e. The Morgan fingerprint density at radius 2 is 1.63 bits per heavy atom. The zero-order valence-corrected chi connectivity index (χ0v) is 27.5. The Balaban J connectivity index is 1.65. The Kier molecular flexibility index (Phi) is 12.6. The fraction of sp³-hybridized carbons (Fsp3) is 0.343. The number of carbonyl (C=O) groups is 5. The number of hydrogen-bond acceptors (Lipinski definition) is 8. The first-order chi connectivity index (χ1) is 24.6. The number of ketones is 1. The summed E-state index contributed by atoms with van der Waals surface area (Å²) >= 11 is 0. The monoisotopic (exact) mass is 728 g/mol. The molecule has 0 aliphatic heterocycles. The number of ether oxygens (including phenoxy) is 1. The lowest BCUT2D eigenvalue weighted by Gasteiger charge is -2.35. The standard InChI is InChI=1S/C35H33F5N6O6/c1-52-24-13-11-23(12-14-24)28(32(50)45-27(22-8-5-9-22)29(47)35(39,40)33(51)43-19-34(36,37)38)46-31(49)26(17-20-6-4-7-21(16-20)18-41)44-30(48)25-10-2-3-15-42-25/h2-4,6-7,10-16,22,26-28H,5,8-9,17,19H2,1H3,(H,43,51)(H,44,48)(H,45,50)(H,46,49)/t26?,27-,28?/m0/s1. The quantitative estimate of drug-likeness (QED) is 0.136. The van der Waals surface area contributed by atoms with E-state index in [0.29, 0.717) is 17.7 Å². The van der Waals surface area contributed by atoms with E-state index >= 15 is 8.78 Å². The van der Waals surface area contributed by atoms with Gasteiger partial charge < -0.3 is 26.0 Å². The minimum absolute atomic E-state index is 0.0439. The van der Waals surface area contributed by atoms with E-state index in [1.54, 1.807) is 24.3 Å². The molecule has 1 aliphatic carbocycles. The molecule has 17 heteroatoms. The lowest BCUT2D eigenvalue weighted by atomic mass is 9.77. The van der Waals surface area contributed by atoms with Gasteiger partial charge in [0.2, 0.25) is 17.6 Å². The second-order valence-corrected chi connectivity index (χ2v) is 11.9. The van der Waals surface area contributed by atoms with E-state index in [4.69, 9.17) is 4.74 Å². The fourth-order valence-corrected chi connectivity index (χ4v) is 5.29. The number of nitriles is 1. The van der Waals surface area contributed by atoms with Gasteiger partial charge in [-0.2, -0.15) is 27.2 Å². The Morgan fingerprint density at radius 3 is 2.21 bits per heavy atom. The molecule has 274 valence electrons. The van der Waals surface area contributed by atoms with Crippen molar-refractivity contribution in [3.63, 3.8) is 0 Å². The van der Waals surface area contributed by atoms with Crippen LogP contribution in [0, 0.1) is 17.2 Å². The van der Waals surface area contributed by atoms with Gasteiger partial charge in [0, 0.05) is 12.6 Å². The number of halogens is 5. The predicted octanol–water partition coefficient (Wildman–Crippen LogP) is 3.33. The van der Waals surface area contributed by atoms with Crippen LogP contribution in [0.3, 0.4) is 0 Å². The molecule has 4 N–H and O–H groups in total. The van der Waals surface area contributed by atoms with Crippen molar-refractivity contribution in [2.75, 3.05) is 13.7 Å². The Hall–Kier alpha value is -5.92. The van der Waals surface area contributed by atoms with E-state index in [1.165, 1.54) is 55.8 Å². The summed E-state index contributed by atoms with van der Waals surface area (Å²) in [5.41, 5.74) is 0.756. The molecule has 1 saturated carbocycles. The average Bonchev–Trinajstić information content (AvgIpc) is 3.11. The topological polar surface area (TPSA) is 179 Å². The first kappa shape index (κ1) is 38.9. The maximum atomic E-state index is 15.0. The third kappa shape index (κ3) is 10.1. The van der Waals surface area contributed by atoms with Gasteiger partial charge in [0.05, 0.1) is 24.8 Å². The van der Waals surface area contributed by atoms with Crippen LogP contribution in [0.5, 0.6) is 5.75 Å². The summed E-state index contributed by atoms with van der Waals surface area (Å²) in [6, 6.07) is 13.2. The molecule has 4 amide bonds. The number of aromatic nitrogens is 1. The third-order valence-corrected chi connectivity index (χ3v) is 8.26. The molecule has 0 spiro atoms. The number of rotatable bonds is 15. The Labute approximate surface area is 294 Å². The predicted molar refractivity (Wildman–Crippen MR) is 173 cm³/mol. The summed E-state index contributed by atoms with van der Waals surface area (Å²) in [7, 11) is 1.37. The molecule has 0 bridgehead atoms. The van der Waals surface area contributed by atoms with Crippen LogP contribution in [0.4, 0.5) is 22.0 Å². The molecule has 4 rings (SSSR count). The molecule has 2 unspecified atom stereocenters. The van der Waals surface area contributed by atoms with E-state index in [1.807, 2.05) is 6.07 Å². The van der Waals surface area contributed by atoms with Gasteiger partial charge in [0.1, 0.15) is 30.1 Å². The van der Waals surface area contributed by atoms with Crippen molar-refractivity contribution >= 4 is 29.4 Å². The molecule has 52 heavy (non-hydrogen) atoms. The van der Waals surface area contributed by atoms with Crippen molar-refractivity contribution in [3.8, 4) is 11.8 Å². The second-order valence-electron chi connectivity index (χ2n) is 11.9. The molecule has 12 nitrogen and oxygen atoms in total. The van der Waals surface area contributed by atoms with E-state index in [-0.39, 0.29) is 36.1 Å². The number of pyridine rings is 1. The zero-order chi connectivity index (χ0) is 38.1. The Morgan fingerprint density at radius 1 is 0.923 bits per heavy atom. The summed E-state index contributed by atoms with van der Waals surface area (Å²) in [6.07, 6.45) is -3.01. The summed E-state index contributed by atoms with van der Waals surface area (Å²) in [4.78, 5) is 70.1. The van der Waals surface area contributed by atoms with Crippen LogP contribution in [-0.2, 0) is 25.6 Å². The zero-order valence-electron chi connectivity index (χ0n) is 27.5. The van der Waals surface area contributed by atoms with Crippen LogP contribution in [0.25, 0.3) is 0 Å². The average molecular weight is 729 g/mol.